The van der Waals surface area contributed by atoms with Crippen molar-refractivity contribution < 1.29 is 9.53 Å². The number of nitrogens with zero attached hydrogens (tertiary/aromatic N) is 2. The molecule has 27 heavy (non-hydrogen) atoms. The van der Waals surface area contributed by atoms with E-state index in [4.69, 9.17) is 4.74 Å². The first kappa shape index (κ1) is 18.1. The van der Waals surface area contributed by atoms with Crippen molar-refractivity contribution in [3.8, 4) is 5.75 Å². The molecule has 4 rings (SSSR count). The summed E-state index contributed by atoms with van der Waals surface area (Å²) in [4.78, 5) is 17.2. The molecule has 1 fully saturated rings. The topological polar surface area (TPSA) is 32.8 Å². The van der Waals surface area contributed by atoms with Crippen LogP contribution in [0.3, 0.4) is 0 Å². The molecule has 4 heteroatoms. The van der Waals surface area contributed by atoms with Crippen LogP contribution in [0.1, 0.15) is 36.5 Å². The quantitative estimate of drug-likeness (QED) is 0.833. The largest absolute Gasteiger partial charge is 0.480 e. The second kappa shape index (κ2) is 7.73. The number of carbonyl (C=O) groups is 1. The van der Waals surface area contributed by atoms with Crippen LogP contribution >= 0.6 is 0 Å². The number of ether oxygens (including phenoxy) is 1. The van der Waals surface area contributed by atoms with Gasteiger partial charge in [0.25, 0.3) is 5.91 Å². The maximum absolute atomic E-state index is 12.8. The minimum Gasteiger partial charge on any atom is -0.480 e. The lowest BCUT2D eigenvalue weighted by molar-refractivity contribution is -0.139. The molecule has 0 unspecified atom stereocenters. The summed E-state index contributed by atoms with van der Waals surface area (Å²) in [5.74, 6) is 1.56. The number of fused-ring (bicyclic) bond motifs is 1. The summed E-state index contributed by atoms with van der Waals surface area (Å²) < 4.78 is 5.87. The Balaban J connectivity index is 1.28. The zero-order valence-electron chi connectivity index (χ0n) is 16.2. The molecule has 0 aliphatic carbocycles. The van der Waals surface area contributed by atoms with E-state index in [-0.39, 0.29) is 12.0 Å². The predicted molar refractivity (Wildman–Crippen MR) is 107 cm³/mol. The maximum atomic E-state index is 12.8. The number of carbonyl (C=O) groups excluding carboxylic acids is 1. The van der Waals surface area contributed by atoms with Crippen molar-refractivity contribution in [3.63, 3.8) is 0 Å². The zero-order chi connectivity index (χ0) is 18.8. The van der Waals surface area contributed by atoms with Crippen molar-refractivity contribution in [2.24, 2.45) is 0 Å². The van der Waals surface area contributed by atoms with E-state index in [0.29, 0.717) is 12.3 Å². The van der Waals surface area contributed by atoms with Gasteiger partial charge in [0.05, 0.1) is 0 Å². The molecular formula is C23H28N2O2. The number of piperazine rings is 1. The fraction of sp³-hybridized carbons (Fsp3) is 0.435. The second-order valence-electron chi connectivity index (χ2n) is 7.92. The van der Waals surface area contributed by atoms with Crippen molar-refractivity contribution in [3.05, 3.63) is 65.2 Å². The van der Waals surface area contributed by atoms with Crippen LogP contribution in [0.5, 0.6) is 5.75 Å². The van der Waals surface area contributed by atoms with Crippen LogP contribution in [-0.2, 0) is 17.8 Å². The molecule has 142 valence electrons. The SMILES string of the molecule is CC(C)c1ccc(CN2CCN(C(=O)[C@@H]3Cc4ccccc4O3)CC2)cc1. The number of hydrogen-bond donors (Lipinski definition) is 0. The molecule has 1 atom stereocenters. The molecule has 2 heterocycles. The van der Waals surface area contributed by atoms with Gasteiger partial charge in [-0.25, -0.2) is 0 Å². The maximum Gasteiger partial charge on any atom is 0.264 e. The van der Waals surface area contributed by atoms with E-state index in [2.05, 4.69) is 43.0 Å². The minimum absolute atomic E-state index is 0.132. The number of hydrogen-bond acceptors (Lipinski definition) is 3. The van der Waals surface area contributed by atoms with Gasteiger partial charge in [0.15, 0.2) is 6.10 Å². The molecule has 1 saturated heterocycles. The van der Waals surface area contributed by atoms with E-state index in [1.807, 2.05) is 29.2 Å². The molecule has 1 amide bonds. The standard InChI is InChI=1S/C23H28N2O2/c1-17(2)19-9-7-18(8-10-19)16-24-11-13-25(14-12-24)23(26)22-15-20-5-3-4-6-21(20)27-22/h3-10,17,22H,11-16H2,1-2H3/t22-/m0/s1. The second-order valence-corrected chi connectivity index (χ2v) is 7.92. The lowest BCUT2D eigenvalue weighted by Gasteiger charge is -2.35. The Kier molecular flexibility index (Phi) is 5.17. The highest BCUT2D eigenvalue weighted by molar-refractivity contribution is 5.82. The van der Waals surface area contributed by atoms with Crippen molar-refractivity contribution in [2.75, 3.05) is 26.2 Å². The Morgan fingerprint density at radius 3 is 2.41 bits per heavy atom. The summed E-state index contributed by atoms with van der Waals surface area (Å²) in [6.07, 6.45) is 0.342. The van der Waals surface area contributed by atoms with Crippen molar-refractivity contribution in [2.45, 2.75) is 38.8 Å². The molecule has 2 aliphatic rings. The highest BCUT2D eigenvalue weighted by atomic mass is 16.5. The summed E-state index contributed by atoms with van der Waals surface area (Å²) in [6, 6.07) is 16.9. The Hall–Kier alpha value is -2.33. The third-order valence-electron chi connectivity index (χ3n) is 5.66. The monoisotopic (exact) mass is 364 g/mol. The van der Waals surface area contributed by atoms with Gasteiger partial charge in [0.2, 0.25) is 0 Å². The van der Waals surface area contributed by atoms with Gasteiger partial charge in [-0.3, -0.25) is 9.69 Å². The van der Waals surface area contributed by atoms with Crippen molar-refractivity contribution in [1.82, 2.24) is 9.80 Å². The highest BCUT2D eigenvalue weighted by Gasteiger charge is 2.33. The molecule has 0 radical (unpaired) electrons. The van der Waals surface area contributed by atoms with Gasteiger partial charge in [-0.05, 0) is 28.7 Å². The van der Waals surface area contributed by atoms with Gasteiger partial charge in [-0.15, -0.1) is 0 Å². The Morgan fingerprint density at radius 1 is 1.04 bits per heavy atom. The molecule has 0 aromatic heterocycles. The summed E-state index contributed by atoms with van der Waals surface area (Å²) in [5, 5.41) is 0. The van der Waals surface area contributed by atoms with Crippen LogP contribution < -0.4 is 4.74 Å². The van der Waals surface area contributed by atoms with E-state index in [1.165, 1.54) is 11.1 Å². The Bertz CT molecular complexity index is 767. The Labute approximate surface area is 161 Å². The molecular weight excluding hydrogens is 336 g/mol. The molecule has 2 aromatic carbocycles. The van der Waals surface area contributed by atoms with Gasteiger partial charge in [0, 0.05) is 39.1 Å². The lowest BCUT2D eigenvalue weighted by Crippen LogP contribution is -2.51. The molecule has 4 nitrogen and oxygen atoms in total. The van der Waals surface area contributed by atoms with Crippen LogP contribution in [0, 0.1) is 0 Å². The normalized spacial score (nSPS) is 19.8. The average Bonchev–Trinajstić information content (AvgIpc) is 3.13. The van der Waals surface area contributed by atoms with E-state index in [9.17, 15) is 4.79 Å². The molecule has 2 aromatic rings. The van der Waals surface area contributed by atoms with Crippen LogP contribution in [0.15, 0.2) is 48.5 Å². The van der Waals surface area contributed by atoms with Gasteiger partial charge in [-0.2, -0.15) is 0 Å². The summed E-state index contributed by atoms with van der Waals surface area (Å²) in [6.45, 7) is 8.77. The number of para-hydroxylation sites is 1. The highest BCUT2D eigenvalue weighted by Crippen LogP contribution is 2.29. The van der Waals surface area contributed by atoms with E-state index in [0.717, 1.165) is 44.0 Å². The molecule has 2 aliphatic heterocycles. The lowest BCUT2D eigenvalue weighted by atomic mass is 10.0. The fourth-order valence-corrected chi connectivity index (χ4v) is 3.92. The van der Waals surface area contributed by atoms with Crippen LogP contribution in [-0.4, -0.2) is 48.0 Å². The number of rotatable bonds is 4. The van der Waals surface area contributed by atoms with Crippen molar-refractivity contribution in [1.29, 1.82) is 0 Å². The first-order chi connectivity index (χ1) is 13.1. The third-order valence-corrected chi connectivity index (χ3v) is 5.66. The zero-order valence-corrected chi connectivity index (χ0v) is 16.2. The predicted octanol–water partition coefficient (Wildman–Crippen LogP) is 3.46. The van der Waals surface area contributed by atoms with Crippen molar-refractivity contribution >= 4 is 5.91 Å². The molecule has 0 bridgehead atoms. The summed E-state index contributed by atoms with van der Waals surface area (Å²) >= 11 is 0. The van der Waals surface area contributed by atoms with Gasteiger partial charge in [-0.1, -0.05) is 56.3 Å². The number of amides is 1. The third kappa shape index (κ3) is 4.01. The van der Waals surface area contributed by atoms with Crippen LogP contribution in [0.25, 0.3) is 0 Å². The van der Waals surface area contributed by atoms with Gasteiger partial charge >= 0.3 is 0 Å². The number of benzene rings is 2. The van der Waals surface area contributed by atoms with E-state index < -0.39 is 0 Å². The fourth-order valence-electron chi connectivity index (χ4n) is 3.92. The van der Waals surface area contributed by atoms with Gasteiger partial charge in [0.1, 0.15) is 5.75 Å². The molecule has 0 N–H and O–H groups in total. The summed E-state index contributed by atoms with van der Waals surface area (Å²) in [5.41, 5.74) is 3.86. The minimum atomic E-state index is -0.350. The van der Waals surface area contributed by atoms with Crippen LogP contribution in [0.2, 0.25) is 0 Å². The molecule has 0 spiro atoms. The first-order valence-electron chi connectivity index (χ1n) is 9.94. The van der Waals surface area contributed by atoms with E-state index in [1.54, 1.807) is 0 Å². The first-order valence-corrected chi connectivity index (χ1v) is 9.94. The average molecular weight is 364 g/mol. The molecule has 0 saturated carbocycles. The van der Waals surface area contributed by atoms with E-state index >= 15 is 0 Å². The van der Waals surface area contributed by atoms with Gasteiger partial charge < -0.3 is 9.64 Å². The van der Waals surface area contributed by atoms with Crippen LogP contribution in [0.4, 0.5) is 0 Å². The smallest absolute Gasteiger partial charge is 0.264 e. The Morgan fingerprint density at radius 2 is 1.74 bits per heavy atom. The summed E-state index contributed by atoms with van der Waals surface area (Å²) in [7, 11) is 0.